The second-order valence-electron chi connectivity index (χ2n) is 0.0452. The predicted octanol–water partition coefficient (Wildman–Crippen LogP) is 2.81. The first-order chi connectivity index (χ1) is 1.41. The van der Waals surface area contributed by atoms with Gasteiger partial charge in [-0.1, -0.05) is 0 Å². The van der Waals surface area contributed by atoms with Crippen LogP contribution in [-0.4, -0.2) is 0 Å². The predicted molar refractivity (Wildman–Crippen MR) is 22.3 cm³/mol. The molecule has 0 aromatic carbocycles. The summed E-state index contributed by atoms with van der Waals surface area (Å²) in [6.45, 7) is 0. The van der Waals surface area contributed by atoms with Gasteiger partial charge in [-0.2, -0.15) is 0 Å². The van der Waals surface area contributed by atoms with E-state index >= 15 is 0 Å². The topological polar surface area (TPSA) is 67.0 Å². The zero-order valence-electron chi connectivity index (χ0n) is 2.23. The van der Waals surface area contributed by atoms with Gasteiger partial charge in [0.2, 0.25) is 0 Å². The van der Waals surface area contributed by atoms with Gasteiger partial charge in [0.05, 0.1) is 0 Å². The van der Waals surface area contributed by atoms with Crippen molar-refractivity contribution in [3.8, 4) is 0 Å². The summed E-state index contributed by atoms with van der Waals surface area (Å²) in [5.74, 6) is 0. The van der Waals surface area contributed by atoms with Crippen molar-refractivity contribution in [2.24, 2.45) is 0 Å². The van der Waals surface area contributed by atoms with E-state index in [0.717, 1.165) is 0 Å². The van der Waals surface area contributed by atoms with Gasteiger partial charge in [0.1, 0.15) is 0 Å². The van der Waals surface area contributed by atoms with Crippen molar-refractivity contribution in [3.05, 3.63) is 12.3 Å². The monoisotopic (exact) mass is 296 g/mol. The Kier molecular flexibility index (Phi) is 62.3. The van der Waals surface area contributed by atoms with Crippen molar-refractivity contribution >= 4 is 18.8 Å². The fraction of sp³-hybridized carbons (Fsp3) is 0. The van der Waals surface area contributed by atoms with Gasteiger partial charge in [-0.05, 0) is 0 Å². The van der Waals surface area contributed by atoms with Gasteiger partial charge in [-0.3, -0.25) is 0 Å². The third kappa shape index (κ3) is 37.3. The van der Waals surface area contributed by atoms with E-state index in [4.69, 9.17) is 18.8 Å². The van der Waals surface area contributed by atoms with Crippen LogP contribution >= 0.6 is 18.8 Å². The third-order valence-electron chi connectivity index (χ3n) is 0. The molecule has 0 atom stereocenters. The second-order valence-corrected chi connectivity index (χ2v) is 3.33. The van der Waals surface area contributed by atoms with Crippen LogP contribution in [0.2, 0.25) is 0 Å². The zero-order chi connectivity index (χ0) is 2.71. The molecule has 0 aromatic rings. The first-order valence-electron chi connectivity index (χ1n) is 0.239. The average Bonchev–Trinajstić information content (AvgIpc) is 0.918. The standard InChI is InChI=1S/2ClH.2H2N.Pt/h2*1H;2*1H2;/q;;2*-1;+4/p-2/i;;1-1;;. The number of nitrogens with two attached hydrogens (primary N) is 2. The summed E-state index contributed by atoms with van der Waals surface area (Å²) in [4.78, 5) is 0. The summed E-state index contributed by atoms with van der Waals surface area (Å²) in [5.41, 5.74) is 0. The van der Waals surface area contributed by atoms with E-state index in [9.17, 15) is 0 Å². The van der Waals surface area contributed by atoms with Gasteiger partial charge < -0.3 is 12.3 Å². The molecule has 0 bridgehead atoms. The molecule has 5 heteroatoms. The van der Waals surface area contributed by atoms with Crippen molar-refractivity contribution in [2.75, 3.05) is 0 Å². The molecule has 0 heterocycles. The van der Waals surface area contributed by atoms with Crippen LogP contribution in [-0.2, 0) is 16.5 Å². The maximum atomic E-state index is 4.88. The van der Waals surface area contributed by atoms with Crippen LogP contribution in [0.4, 0.5) is 0 Å². The summed E-state index contributed by atoms with van der Waals surface area (Å²) in [7, 11) is 9.75. The molecule has 0 aliphatic carbocycles. The van der Waals surface area contributed by atoms with E-state index in [2.05, 4.69) is 0 Å². The molecular weight excluding hydrogens is 293 g/mol. The summed E-state index contributed by atoms with van der Waals surface area (Å²) in [6, 6.07) is 0. The smallest absolute Gasteiger partial charge is 0.693 e. The Bertz CT molecular complexity index is 7.61. The van der Waals surface area contributed by atoms with E-state index in [0.29, 0.717) is 0 Å². The molecule has 5 heavy (non-hydrogen) atoms. The third-order valence-corrected chi connectivity index (χ3v) is 0. The summed E-state index contributed by atoms with van der Waals surface area (Å²) in [5, 5.41) is 0. The Morgan fingerprint density at radius 3 is 1.20 bits per heavy atom. The van der Waals surface area contributed by atoms with Crippen LogP contribution in [0.15, 0.2) is 0 Å². The first kappa shape index (κ1) is 16.4. The second kappa shape index (κ2) is 19.0. The van der Waals surface area contributed by atoms with Crippen LogP contribution in [0, 0.1) is 0 Å². The van der Waals surface area contributed by atoms with Crippen molar-refractivity contribution < 1.29 is 16.5 Å². The fourth-order valence-corrected chi connectivity index (χ4v) is 0. The first-order valence-corrected chi connectivity index (χ1v) is 5.87. The van der Waals surface area contributed by atoms with E-state index in [1.165, 1.54) is 0 Å². The maximum Gasteiger partial charge on any atom is -0.693 e. The minimum absolute atomic E-state index is 0. The summed E-state index contributed by atoms with van der Waals surface area (Å²) < 4.78 is 0. The van der Waals surface area contributed by atoms with Crippen LogP contribution in [0.5, 0.6) is 0 Å². The van der Waals surface area contributed by atoms with Gasteiger partial charge in [0, 0.05) is 0 Å². The Morgan fingerprint density at radius 2 is 1.20 bits per heavy atom. The molecule has 0 saturated heterocycles. The molecule has 38 valence electrons. The molecular formula is H4Cl2N2Pt. The Morgan fingerprint density at radius 1 is 1.20 bits per heavy atom. The minimum Gasteiger partial charge on any atom is -0.693 e. The van der Waals surface area contributed by atoms with Crippen LogP contribution in [0.1, 0.15) is 0 Å². The SMILES string of the molecule is [13NH2-].[Cl][Pt+2][Cl].[NH2-]. The Hall–Kier alpha value is 1.19. The van der Waals surface area contributed by atoms with E-state index in [1.807, 2.05) is 0 Å². The van der Waals surface area contributed by atoms with E-state index in [-0.39, 0.29) is 12.3 Å². The molecule has 0 fully saturated rings. The van der Waals surface area contributed by atoms with Gasteiger partial charge in [0.15, 0.2) is 0 Å². The van der Waals surface area contributed by atoms with E-state index in [1.54, 1.807) is 0 Å². The summed E-state index contributed by atoms with van der Waals surface area (Å²) in [6.07, 6.45) is 0. The average molecular weight is 297 g/mol. The largest absolute Gasteiger partial charge is 0.693 e. The molecule has 0 aromatic heterocycles. The van der Waals surface area contributed by atoms with Gasteiger partial charge in [0.25, 0.3) is 0 Å². The molecule has 0 spiro atoms. The van der Waals surface area contributed by atoms with Gasteiger partial charge >= 0.3 is 35.3 Å². The normalized spacial score (nSPS) is 4.40. The van der Waals surface area contributed by atoms with Gasteiger partial charge in [-0.25, -0.2) is 0 Å². The molecule has 0 aliphatic heterocycles. The number of rotatable bonds is 0. The quantitative estimate of drug-likeness (QED) is 0.660. The number of hydrogen-bond acceptors (Lipinski definition) is 0. The van der Waals surface area contributed by atoms with Gasteiger partial charge in [-0.15, -0.1) is 0 Å². The Labute approximate surface area is 47.8 Å². The fourth-order valence-electron chi connectivity index (χ4n) is 0. The summed E-state index contributed by atoms with van der Waals surface area (Å²) >= 11 is -0.472. The molecule has 4 N–H and O–H groups in total. The van der Waals surface area contributed by atoms with E-state index < -0.39 is 16.5 Å². The van der Waals surface area contributed by atoms with Crippen LogP contribution in [0.3, 0.4) is 0 Å². The maximum absolute atomic E-state index is 4.88. The molecule has 0 amide bonds. The molecule has 0 radical (unpaired) electrons. The van der Waals surface area contributed by atoms with Crippen molar-refractivity contribution in [1.29, 1.82) is 0 Å². The zero-order valence-corrected chi connectivity index (χ0v) is 6.01. The minimum atomic E-state index is -0.472. The number of halogens is 2. The molecule has 0 rings (SSSR count). The molecule has 0 aliphatic rings. The molecule has 0 saturated carbocycles. The Balaban J connectivity index is -0.0000000200. The van der Waals surface area contributed by atoms with Crippen molar-refractivity contribution in [2.45, 2.75) is 0 Å². The number of hydrogen-bond donors (Lipinski definition) is 0. The van der Waals surface area contributed by atoms with Crippen LogP contribution < -0.4 is 0 Å². The molecule has 0 unspecified atom stereocenters. The van der Waals surface area contributed by atoms with Crippen LogP contribution in [0.25, 0.3) is 12.3 Å². The van der Waals surface area contributed by atoms with Crippen molar-refractivity contribution in [3.63, 3.8) is 0 Å². The van der Waals surface area contributed by atoms with Crippen molar-refractivity contribution in [1.82, 2.24) is 0 Å². The molecule has 2 nitrogen and oxygen atoms in total.